The Bertz CT molecular complexity index is 1570. The van der Waals surface area contributed by atoms with Gasteiger partial charge in [-0.2, -0.15) is 0 Å². The summed E-state index contributed by atoms with van der Waals surface area (Å²) in [7, 11) is 0. The van der Waals surface area contributed by atoms with Crippen LogP contribution in [0.3, 0.4) is 0 Å². The quantitative estimate of drug-likeness (QED) is 0.0228. The topological polar surface area (TPSA) is 175 Å². The van der Waals surface area contributed by atoms with Gasteiger partial charge in [0.25, 0.3) is 0 Å². The van der Waals surface area contributed by atoms with Crippen molar-refractivity contribution in [3.8, 4) is 0 Å². The Morgan fingerprint density at radius 3 is 1.08 bits per heavy atom. The van der Waals surface area contributed by atoms with Crippen LogP contribution in [0.2, 0.25) is 0 Å². The predicted molar refractivity (Wildman–Crippen MR) is 350 cm³/mol. The number of carboxylic acids is 1. The van der Waals surface area contributed by atoms with Crippen molar-refractivity contribution < 1.29 is 58.2 Å². The first-order chi connectivity index (χ1) is 41.6. The van der Waals surface area contributed by atoms with Crippen LogP contribution in [0.15, 0.2) is 24.3 Å². The van der Waals surface area contributed by atoms with Crippen LogP contribution in [0, 0.1) is 0 Å². The van der Waals surface area contributed by atoms with Gasteiger partial charge >= 0.3 is 23.9 Å². The molecular formula is C73H134O12. The monoisotopic (exact) mass is 1200 g/mol. The van der Waals surface area contributed by atoms with Crippen molar-refractivity contribution in [3.05, 3.63) is 24.3 Å². The molecule has 0 spiro atoms. The Labute approximate surface area is 521 Å². The molecule has 498 valence electrons. The second kappa shape index (κ2) is 61.4. The zero-order valence-corrected chi connectivity index (χ0v) is 55.4. The lowest BCUT2D eigenvalue weighted by atomic mass is 9.98. The van der Waals surface area contributed by atoms with E-state index in [0.717, 1.165) is 77.0 Å². The second-order valence-corrected chi connectivity index (χ2v) is 25.2. The van der Waals surface area contributed by atoms with Crippen molar-refractivity contribution in [2.45, 2.75) is 404 Å². The van der Waals surface area contributed by atoms with Crippen molar-refractivity contribution in [1.29, 1.82) is 0 Å². The molecule has 12 heteroatoms. The van der Waals surface area contributed by atoms with Gasteiger partial charge in [0.2, 0.25) is 0 Å². The van der Waals surface area contributed by atoms with E-state index >= 15 is 0 Å². The van der Waals surface area contributed by atoms with E-state index in [0.29, 0.717) is 19.3 Å². The zero-order chi connectivity index (χ0) is 61.7. The Morgan fingerprint density at radius 2 is 0.706 bits per heavy atom. The van der Waals surface area contributed by atoms with Crippen LogP contribution in [-0.2, 0) is 42.9 Å². The standard InChI is InChI=1S/C73H134O12/c1-4-7-10-13-16-19-22-25-28-31-33-36-38-41-44-47-50-53-56-59-65(74)81-62-64(83-66(75)60-57-54-51-48-45-42-39-35-30-27-24-21-18-15-12-9-6-3)63-82-73-71(69(78)68(77)70(85-73)72(79)80)84-67(76)61-58-55-52-49-46-43-40-37-34-32-29-26-23-20-17-14-11-8-5-2/h17,20,26,29,64,68-71,73,77-78H,4-16,18-19,21-25,27-28,30-63H2,1-3H3,(H,79,80)/b20-17-,29-26-. The first-order valence-electron chi connectivity index (χ1n) is 36.3. The van der Waals surface area contributed by atoms with Crippen molar-refractivity contribution >= 4 is 23.9 Å². The molecule has 0 aromatic carbocycles. The molecule has 0 saturated carbocycles. The van der Waals surface area contributed by atoms with E-state index in [9.17, 15) is 34.5 Å². The number of carbonyl (C=O) groups excluding carboxylic acids is 3. The van der Waals surface area contributed by atoms with Gasteiger partial charge < -0.3 is 39.0 Å². The first-order valence-corrected chi connectivity index (χ1v) is 36.3. The second-order valence-electron chi connectivity index (χ2n) is 25.2. The Hall–Kier alpha value is -2.80. The molecule has 1 saturated heterocycles. The minimum absolute atomic E-state index is 0.0612. The molecule has 0 radical (unpaired) electrons. The molecule has 1 aliphatic heterocycles. The van der Waals surface area contributed by atoms with E-state index in [2.05, 4.69) is 45.1 Å². The SMILES string of the molecule is CCCCC/C=C\C/C=C\CCCCCCCCCCCC(=O)OC1C(OCC(COC(=O)CCCCCCCCCCCCCCCCCCCCC)OC(=O)CCCCCCCCCCCCCCCCCCC)OC(C(=O)O)C(O)C1O. The van der Waals surface area contributed by atoms with E-state index in [1.807, 2.05) is 0 Å². The molecule has 0 amide bonds. The highest BCUT2D eigenvalue weighted by atomic mass is 16.7. The number of aliphatic hydroxyl groups is 2. The van der Waals surface area contributed by atoms with Gasteiger partial charge in [-0.1, -0.05) is 321 Å². The van der Waals surface area contributed by atoms with E-state index in [1.54, 1.807) is 0 Å². The molecule has 0 bridgehead atoms. The Kier molecular flexibility index (Phi) is 58.0. The molecule has 0 aromatic rings. The summed E-state index contributed by atoms with van der Waals surface area (Å²) in [5, 5.41) is 31.7. The fraction of sp³-hybridized carbons (Fsp3) is 0.890. The maximum atomic E-state index is 13.3. The normalized spacial score (nSPS) is 17.5. The molecule has 12 nitrogen and oxygen atoms in total. The van der Waals surface area contributed by atoms with Gasteiger partial charge in [-0.25, -0.2) is 4.79 Å². The van der Waals surface area contributed by atoms with Crippen molar-refractivity contribution in [2.75, 3.05) is 13.2 Å². The van der Waals surface area contributed by atoms with E-state index in [-0.39, 0.29) is 25.9 Å². The van der Waals surface area contributed by atoms with Gasteiger partial charge in [0, 0.05) is 19.3 Å². The zero-order valence-electron chi connectivity index (χ0n) is 55.4. The molecule has 0 aromatic heterocycles. The van der Waals surface area contributed by atoms with E-state index < -0.39 is 67.3 Å². The number of hydrogen-bond donors (Lipinski definition) is 3. The average Bonchev–Trinajstić information content (AvgIpc) is 2.79. The fourth-order valence-electron chi connectivity index (χ4n) is 11.5. The number of rotatable bonds is 64. The number of ether oxygens (including phenoxy) is 5. The summed E-state index contributed by atoms with van der Waals surface area (Å²) in [4.78, 5) is 51.5. The minimum atomic E-state index is -1.90. The number of carbonyl (C=O) groups is 4. The number of unbranched alkanes of at least 4 members (excludes halogenated alkanes) is 46. The molecule has 6 atom stereocenters. The smallest absolute Gasteiger partial charge is 0.335 e. The highest BCUT2D eigenvalue weighted by molar-refractivity contribution is 5.74. The summed E-state index contributed by atoms with van der Waals surface area (Å²) >= 11 is 0. The number of aliphatic hydroxyl groups excluding tert-OH is 2. The number of hydrogen-bond acceptors (Lipinski definition) is 11. The van der Waals surface area contributed by atoms with Crippen LogP contribution in [0.5, 0.6) is 0 Å². The third-order valence-electron chi connectivity index (χ3n) is 17.0. The summed E-state index contributed by atoms with van der Waals surface area (Å²) in [6.07, 6.45) is 61.3. The van der Waals surface area contributed by atoms with Crippen molar-refractivity contribution in [3.63, 3.8) is 0 Å². The molecule has 1 heterocycles. The van der Waals surface area contributed by atoms with Crippen LogP contribution >= 0.6 is 0 Å². The number of esters is 3. The molecule has 3 N–H and O–H groups in total. The molecule has 0 aliphatic carbocycles. The Morgan fingerprint density at radius 1 is 0.388 bits per heavy atom. The van der Waals surface area contributed by atoms with Crippen LogP contribution in [0.4, 0.5) is 0 Å². The fourth-order valence-corrected chi connectivity index (χ4v) is 11.5. The third kappa shape index (κ3) is 50.7. The average molecular weight is 1200 g/mol. The van der Waals surface area contributed by atoms with Crippen LogP contribution in [-0.4, -0.2) is 89.2 Å². The molecule has 85 heavy (non-hydrogen) atoms. The lowest BCUT2D eigenvalue weighted by Crippen LogP contribution is -2.61. The Balaban J connectivity index is 2.60. The summed E-state index contributed by atoms with van der Waals surface area (Å²) in [6, 6.07) is 0. The maximum Gasteiger partial charge on any atom is 0.335 e. The van der Waals surface area contributed by atoms with Gasteiger partial charge in [-0.15, -0.1) is 0 Å². The summed E-state index contributed by atoms with van der Waals surface area (Å²) in [5.74, 6) is -3.07. The minimum Gasteiger partial charge on any atom is -0.479 e. The summed E-state index contributed by atoms with van der Waals surface area (Å²) in [6.45, 7) is 6.06. The molecule has 1 aliphatic rings. The summed E-state index contributed by atoms with van der Waals surface area (Å²) in [5.41, 5.74) is 0. The van der Waals surface area contributed by atoms with Gasteiger partial charge in [0.1, 0.15) is 18.8 Å². The van der Waals surface area contributed by atoms with Gasteiger partial charge in [-0.3, -0.25) is 14.4 Å². The highest BCUT2D eigenvalue weighted by Gasteiger charge is 2.50. The number of carboxylic acid groups (broad SMARTS) is 1. The highest BCUT2D eigenvalue weighted by Crippen LogP contribution is 2.27. The van der Waals surface area contributed by atoms with Crippen molar-refractivity contribution in [1.82, 2.24) is 0 Å². The largest absolute Gasteiger partial charge is 0.479 e. The predicted octanol–water partition coefficient (Wildman–Crippen LogP) is 20.1. The molecule has 1 fully saturated rings. The third-order valence-corrected chi connectivity index (χ3v) is 17.0. The molecule has 6 unspecified atom stereocenters. The van der Waals surface area contributed by atoms with E-state index in [4.69, 9.17) is 23.7 Å². The molecular weight excluding hydrogens is 1070 g/mol. The lowest BCUT2D eigenvalue weighted by Gasteiger charge is -2.40. The summed E-state index contributed by atoms with van der Waals surface area (Å²) < 4.78 is 28.7. The van der Waals surface area contributed by atoms with Crippen molar-refractivity contribution in [2.24, 2.45) is 0 Å². The van der Waals surface area contributed by atoms with Crippen LogP contribution in [0.1, 0.15) is 367 Å². The van der Waals surface area contributed by atoms with Gasteiger partial charge in [-0.05, 0) is 51.4 Å². The molecule has 1 rings (SSSR count). The number of allylic oxidation sites excluding steroid dienone is 4. The van der Waals surface area contributed by atoms with Gasteiger partial charge in [0.15, 0.2) is 24.6 Å². The van der Waals surface area contributed by atoms with Crippen LogP contribution < -0.4 is 0 Å². The lowest BCUT2D eigenvalue weighted by molar-refractivity contribution is -0.301. The number of aliphatic carboxylic acids is 1. The van der Waals surface area contributed by atoms with Crippen LogP contribution in [0.25, 0.3) is 0 Å². The van der Waals surface area contributed by atoms with Gasteiger partial charge in [0.05, 0.1) is 6.61 Å². The first kappa shape index (κ1) is 80.2. The maximum absolute atomic E-state index is 13.3. The van der Waals surface area contributed by atoms with E-state index in [1.165, 1.54) is 231 Å².